The van der Waals surface area contributed by atoms with Gasteiger partial charge in [0.2, 0.25) is 5.91 Å². The van der Waals surface area contributed by atoms with Crippen molar-refractivity contribution >= 4 is 5.91 Å². The summed E-state index contributed by atoms with van der Waals surface area (Å²) < 4.78 is 0. The summed E-state index contributed by atoms with van der Waals surface area (Å²) >= 11 is 0. The van der Waals surface area contributed by atoms with Gasteiger partial charge in [0.1, 0.15) is 0 Å². The van der Waals surface area contributed by atoms with Crippen molar-refractivity contribution in [3.05, 3.63) is 23.9 Å². The third-order valence-electron chi connectivity index (χ3n) is 1.20. The van der Waals surface area contributed by atoms with E-state index in [0.29, 0.717) is 6.42 Å². The fourth-order valence-electron chi connectivity index (χ4n) is 0.593. The molecule has 0 aromatic heterocycles. The number of carbonyl (C=O) groups excluding carboxylic acids is 1. The Kier molecular flexibility index (Phi) is 20.8. The Bertz CT molecular complexity index is 186. The first-order valence-electron chi connectivity index (χ1n) is 4.71. The largest absolute Gasteiger partial charge is 0.361 e. The van der Waals surface area contributed by atoms with Gasteiger partial charge in [-0.05, 0) is 0 Å². The second kappa shape index (κ2) is 15.1. The maximum absolute atomic E-state index is 10.9. The number of nitrogens with one attached hydrogen (secondary N) is 1. The first-order valence-corrected chi connectivity index (χ1v) is 4.71. The van der Waals surface area contributed by atoms with Gasteiger partial charge in [-0.2, -0.15) is 12.2 Å². The minimum absolute atomic E-state index is 0. The molecule has 14 heavy (non-hydrogen) atoms. The van der Waals surface area contributed by atoms with E-state index in [0.717, 1.165) is 5.70 Å². The first kappa shape index (κ1) is 19.2. The van der Waals surface area contributed by atoms with Crippen LogP contribution in [0.3, 0.4) is 0 Å². The number of allylic oxidation sites excluding steroid dienone is 3. The van der Waals surface area contributed by atoms with Gasteiger partial charge in [0.15, 0.2) is 0 Å². The van der Waals surface area contributed by atoms with Crippen LogP contribution >= 0.6 is 0 Å². The van der Waals surface area contributed by atoms with E-state index in [9.17, 15) is 4.79 Å². The van der Waals surface area contributed by atoms with Crippen LogP contribution in [0.5, 0.6) is 0 Å². The molecule has 0 spiro atoms. The quantitative estimate of drug-likeness (QED) is 0.604. The molecule has 0 heterocycles. The van der Waals surface area contributed by atoms with Crippen molar-refractivity contribution in [1.82, 2.24) is 5.32 Å². The molecule has 1 N–H and O–H groups in total. The SMILES string of the molecule is CC.C[C-]=C(/C=C\C)NC(=O)CC.[W]. The molecular formula is C11H20NOW-. The Labute approximate surface area is 102 Å². The summed E-state index contributed by atoms with van der Waals surface area (Å²) in [6.07, 6.45) is 7.04. The Morgan fingerprint density at radius 3 is 2.21 bits per heavy atom. The molecule has 0 fully saturated rings. The third-order valence-corrected chi connectivity index (χ3v) is 1.20. The summed E-state index contributed by atoms with van der Waals surface area (Å²) in [4.78, 5) is 10.9. The molecule has 0 rings (SSSR count). The Morgan fingerprint density at radius 2 is 1.93 bits per heavy atom. The van der Waals surface area contributed by atoms with Crippen molar-refractivity contribution in [2.24, 2.45) is 0 Å². The predicted octanol–water partition coefficient (Wildman–Crippen LogP) is 2.82. The molecule has 0 aromatic rings. The van der Waals surface area contributed by atoms with E-state index < -0.39 is 0 Å². The van der Waals surface area contributed by atoms with Gasteiger partial charge < -0.3 is 5.32 Å². The monoisotopic (exact) mass is 366 g/mol. The minimum Gasteiger partial charge on any atom is -0.361 e. The average molecular weight is 366 g/mol. The second-order valence-corrected chi connectivity index (χ2v) is 2.07. The predicted molar refractivity (Wildman–Crippen MR) is 57.0 cm³/mol. The molecule has 0 atom stereocenters. The van der Waals surface area contributed by atoms with Crippen LogP contribution in [0.1, 0.15) is 41.0 Å². The molecule has 0 aliphatic carbocycles. The molecule has 0 saturated carbocycles. The summed E-state index contributed by atoms with van der Waals surface area (Å²) in [6, 6.07) is 0. The van der Waals surface area contributed by atoms with Crippen LogP contribution in [0.25, 0.3) is 0 Å². The zero-order valence-corrected chi connectivity index (χ0v) is 12.6. The van der Waals surface area contributed by atoms with Crippen LogP contribution in [-0.2, 0) is 25.9 Å². The van der Waals surface area contributed by atoms with E-state index in [1.807, 2.05) is 39.8 Å². The zero-order chi connectivity index (χ0) is 10.7. The summed E-state index contributed by atoms with van der Waals surface area (Å²) in [5.74, 6) is 0.0208. The molecule has 0 aromatic carbocycles. The van der Waals surface area contributed by atoms with Crippen molar-refractivity contribution < 1.29 is 25.9 Å². The molecule has 0 unspecified atom stereocenters. The van der Waals surface area contributed by atoms with Crippen molar-refractivity contribution in [2.45, 2.75) is 41.0 Å². The van der Waals surface area contributed by atoms with Crippen molar-refractivity contribution in [2.75, 3.05) is 0 Å². The van der Waals surface area contributed by atoms with Gasteiger partial charge in [0, 0.05) is 27.5 Å². The smallest absolute Gasteiger partial charge is 0.221 e. The zero-order valence-electron chi connectivity index (χ0n) is 9.68. The third kappa shape index (κ3) is 11.6. The van der Waals surface area contributed by atoms with E-state index in [1.54, 1.807) is 6.92 Å². The summed E-state index contributed by atoms with van der Waals surface area (Å²) in [5, 5.41) is 2.70. The van der Waals surface area contributed by atoms with E-state index in [-0.39, 0.29) is 27.0 Å². The number of amides is 1. The van der Waals surface area contributed by atoms with Crippen molar-refractivity contribution in [1.29, 1.82) is 0 Å². The van der Waals surface area contributed by atoms with Crippen LogP contribution in [0, 0.1) is 6.08 Å². The van der Waals surface area contributed by atoms with Crippen LogP contribution < -0.4 is 5.32 Å². The molecule has 2 nitrogen and oxygen atoms in total. The molecule has 0 aliphatic heterocycles. The van der Waals surface area contributed by atoms with Crippen LogP contribution in [0.15, 0.2) is 17.8 Å². The molecule has 0 aliphatic rings. The summed E-state index contributed by atoms with van der Waals surface area (Å²) in [7, 11) is 0. The van der Waals surface area contributed by atoms with E-state index in [2.05, 4.69) is 11.4 Å². The Balaban J connectivity index is -0.000000376. The second-order valence-electron chi connectivity index (χ2n) is 2.07. The fraction of sp³-hybridized carbons (Fsp3) is 0.545. The standard InChI is InChI=1S/C9H14NO.C2H6.W/c1-4-7-8(5-2)10-9(11)6-3;1-2;/h4,7H,6H2,1-3H3,(H,10,11);1-2H3;/q-1;;/b7-4-;;. The van der Waals surface area contributed by atoms with Gasteiger partial charge in [-0.25, -0.2) is 0 Å². The normalized spacial score (nSPS) is 9.93. The summed E-state index contributed by atoms with van der Waals surface area (Å²) in [5.41, 5.74) is 0.736. The van der Waals surface area contributed by atoms with Gasteiger partial charge in [0.25, 0.3) is 0 Å². The van der Waals surface area contributed by atoms with Crippen LogP contribution in [0.2, 0.25) is 0 Å². The molecule has 0 saturated heterocycles. The molecular weight excluding hydrogens is 346 g/mol. The molecule has 0 radical (unpaired) electrons. The van der Waals surface area contributed by atoms with Crippen molar-refractivity contribution in [3.8, 4) is 0 Å². The molecule has 1 amide bonds. The number of carbonyl (C=O) groups is 1. The van der Waals surface area contributed by atoms with Crippen LogP contribution in [0.4, 0.5) is 0 Å². The van der Waals surface area contributed by atoms with Gasteiger partial charge in [-0.15, -0.1) is 12.6 Å². The van der Waals surface area contributed by atoms with Crippen LogP contribution in [-0.4, -0.2) is 5.91 Å². The Morgan fingerprint density at radius 1 is 1.43 bits per heavy atom. The Hall–Kier alpha value is -0.362. The number of hydrogen-bond donors (Lipinski definition) is 1. The number of hydrogen-bond acceptors (Lipinski definition) is 1. The van der Waals surface area contributed by atoms with E-state index in [4.69, 9.17) is 0 Å². The number of rotatable bonds is 3. The first-order chi connectivity index (χ1) is 6.24. The van der Waals surface area contributed by atoms with Gasteiger partial charge in [-0.3, -0.25) is 10.9 Å². The van der Waals surface area contributed by atoms with Crippen molar-refractivity contribution in [3.63, 3.8) is 0 Å². The minimum atomic E-state index is 0. The fourth-order valence-corrected chi connectivity index (χ4v) is 0.593. The summed E-state index contributed by atoms with van der Waals surface area (Å²) in [6.45, 7) is 9.49. The topological polar surface area (TPSA) is 29.1 Å². The van der Waals surface area contributed by atoms with E-state index in [1.165, 1.54) is 0 Å². The molecule has 0 bridgehead atoms. The van der Waals surface area contributed by atoms with Gasteiger partial charge in [0.05, 0.1) is 0 Å². The van der Waals surface area contributed by atoms with Gasteiger partial charge in [-0.1, -0.05) is 27.7 Å². The van der Waals surface area contributed by atoms with Gasteiger partial charge >= 0.3 is 0 Å². The maximum atomic E-state index is 10.9. The maximum Gasteiger partial charge on any atom is 0.221 e. The average Bonchev–Trinajstić information content (AvgIpc) is 2.20. The molecule has 82 valence electrons. The van der Waals surface area contributed by atoms with E-state index >= 15 is 0 Å². The molecule has 3 heteroatoms.